The lowest BCUT2D eigenvalue weighted by atomic mass is 9.97. The number of aromatic nitrogens is 4. The van der Waals surface area contributed by atoms with E-state index in [-0.39, 0.29) is 0 Å². The lowest BCUT2D eigenvalue weighted by molar-refractivity contribution is 1.06. The molecule has 0 radical (unpaired) electrons. The number of pyridine rings is 2. The van der Waals surface area contributed by atoms with E-state index in [9.17, 15) is 0 Å². The van der Waals surface area contributed by atoms with Crippen LogP contribution in [0.4, 0.5) is 0 Å². The fourth-order valence-corrected chi connectivity index (χ4v) is 5.06. The van der Waals surface area contributed by atoms with Crippen LogP contribution in [0, 0.1) is 0 Å². The lowest BCUT2D eigenvalue weighted by Gasteiger charge is -2.13. The van der Waals surface area contributed by atoms with E-state index in [2.05, 4.69) is 74.5 Å². The number of nitrogens with one attached hydrogen (secondary N) is 1. The van der Waals surface area contributed by atoms with E-state index in [0.717, 1.165) is 56.2 Å². The molecule has 32 heavy (non-hydrogen) atoms. The van der Waals surface area contributed by atoms with Crippen LogP contribution in [0.1, 0.15) is 11.4 Å². The molecule has 0 atom stereocenters. The standard InChI is InChI=1S/C25H22N6S/c26-13-16-6-8-18(9-7-16)23-19(17-4-2-1-3-5-17)12-20-21(28-23)10-11-31-24(20)29-30-25(31)22-14-27-15-32-22/h1-12,14,27H,13,15,26,32H2. The van der Waals surface area contributed by atoms with Gasteiger partial charge in [0.1, 0.15) is 0 Å². The van der Waals surface area contributed by atoms with Crippen LogP contribution in [0.15, 0.2) is 79.1 Å². The molecule has 0 unspecified atom stereocenters. The fraction of sp³-hybridized carbons (Fsp3) is 0.0800. The fourth-order valence-electron chi connectivity index (χ4n) is 4.13. The third kappa shape index (κ3) is 3.14. The van der Waals surface area contributed by atoms with Gasteiger partial charge in [0.25, 0.3) is 0 Å². The monoisotopic (exact) mass is 438 g/mol. The van der Waals surface area contributed by atoms with Gasteiger partial charge >= 0.3 is 0 Å². The molecule has 0 amide bonds. The van der Waals surface area contributed by atoms with Gasteiger partial charge in [-0.1, -0.05) is 54.6 Å². The van der Waals surface area contributed by atoms with Crippen LogP contribution in [0.2, 0.25) is 0 Å². The Balaban J connectivity index is 1.61. The van der Waals surface area contributed by atoms with Gasteiger partial charge in [0.2, 0.25) is 0 Å². The number of fused-ring (bicyclic) bond motifs is 3. The number of nitrogens with zero attached hydrogens (tertiary/aromatic N) is 4. The van der Waals surface area contributed by atoms with Crippen molar-refractivity contribution >= 4 is 33.2 Å². The van der Waals surface area contributed by atoms with E-state index in [1.165, 1.54) is 4.91 Å². The Bertz CT molecular complexity index is 1470. The number of rotatable bonds is 4. The van der Waals surface area contributed by atoms with E-state index < -0.39 is 0 Å². The first-order valence-corrected chi connectivity index (χ1v) is 11.7. The second-order valence-electron chi connectivity index (χ2n) is 7.73. The highest BCUT2D eigenvalue weighted by molar-refractivity contribution is 8.08. The molecule has 6 nitrogen and oxygen atoms in total. The molecule has 4 heterocycles. The topological polar surface area (TPSA) is 81.1 Å². The van der Waals surface area contributed by atoms with Crippen molar-refractivity contribution in [3.63, 3.8) is 0 Å². The van der Waals surface area contributed by atoms with Crippen LogP contribution in [-0.2, 0) is 6.54 Å². The molecule has 0 bridgehead atoms. The van der Waals surface area contributed by atoms with Gasteiger partial charge in [-0.15, -0.1) is 10.2 Å². The molecule has 6 rings (SSSR count). The van der Waals surface area contributed by atoms with Gasteiger partial charge in [-0.3, -0.25) is 4.40 Å². The van der Waals surface area contributed by atoms with E-state index in [1.807, 2.05) is 24.5 Å². The molecule has 158 valence electrons. The normalized spacial score (nSPS) is 14.7. The van der Waals surface area contributed by atoms with Crippen molar-refractivity contribution in [2.45, 2.75) is 6.54 Å². The minimum atomic E-state index is 0.524. The predicted molar refractivity (Wildman–Crippen MR) is 133 cm³/mol. The first kappa shape index (κ1) is 19.0. The number of benzene rings is 2. The van der Waals surface area contributed by atoms with Gasteiger partial charge in [0.15, 0.2) is 11.5 Å². The maximum Gasteiger partial charge on any atom is 0.174 e. The van der Waals surface area contributed by atoms with Gasteiger partial charge < -0.3 is 11.1 Å². The Morgan fingerprint density at radius 2 is 1.81 bits per heavy atom. The number of hydrogen-bond acceptors (Lipinski definition) is 5. The van der Waals surface area contributed by atoms with Crippen LogP contribution in [-0.4, -0.2) is 25.5 Å². The molecule has 0 saturated carbocycles. The molecule has 2 aromatic carbocycles. The molecule has 5 aromatic rings. The van der Waals surface area contributed by atoms with Crippen molar-refractivity contribution in [3.05, 3.63) is 90.5 Å². The minimum Gasteiger partial charge on any atom is -0.382 e. The number of nitrogens with two attached hydrogens (primary N) is 1. The lowest BCUT2D eigenvalue weighted by Crippen LogP contribution is -1.97. The highest BCUT2D eigenvalue weighted by Crippen LogP contribution is 2.35. The summed E-state index contributed by atoms with van der Waals surface area (Å²) in [6.07, 6.45) is 4.06. The molecule has 3 N–H and O–H groups in total. The second kappa shape index (κ2) is 7.78. The molecule has 1 aliphatic rings. The van der Waals surface area contributed by atoms with Crippen molar-refractivity contribution in [2.75, 3.05) is 5.88 Å². The summed E-state index contributed by atoms with van der Waals surface area (Å²) in [5.41, 5.74) is 12.8. The molecule has 7 heteroatoms. The van der Waals surface area contributed by atoms with Crippen molar-refractivity contribution in [1.29, 1.82) is 0 Å². The summed E-state index contributed by atoms with van der Waals surface area (Å²) in [5, 5.41) is 13.3. The largest absolute Gasteiger partial charge is 0.382 e. The van der Waals surface area contributed by atoms with Crippen LogP contribution >= 0.6 is 11.8 Å². The summed E-state index contributed by atoms with van der Waals surface area (Å²) >= 11 is 0.690. The van der Waals surface area contributed by atoms with Crippen LogP contribution in [0.5, 0.6) is 0 Å². The molecular weight excluding hydrogens is 416 g/mol. The summed E-state index contributed by atoms with van der Waals surface area (Å²) in [6.45, 7) is 0.524. The molecule has 0 spiro atoms. The van der Waals surface area contributed by atoms with Gasteiger partial charge in [0, 0.05) is 46.2 Å². The molecule has 0 saturated heterocycles. The summed E-state index contributed by atoms with van der Waals surface area (Å²) in [5.74, 6) is 1.86. The predicted octanol–water partition coefficient (Wildman–Crippen LogP) is 4.13. The third-order valence-electron chi connectivity index (χ3n) is 5.79. The summed E-state index contributed by atoms with van der Waals surface area (Å²) in [6, 6.07) is 22.9. The summed E-state index contributed by atoms with van der Waals surface area (Å²) < 4.78 is 2.07. The Morgan fingerprint density at radius 3 is 2.56 bits per heavy atom. The molecule has 1 aliphatic heterocycles. The van der Waals surface area contributed by atoms with Gasteiger partial charge in [-0.2, -0.15) is 0 Å². The smallest absolute Gasteiger partial charge is 0.174 e. The van der Waals surface area contributed by atoms with E-state index in [0.29, 0.717) is 18.3 Å². The molecule has 3 aromatic heterocycles. The van der Waals surface area contributed by atoms with E-state index in [1.54, 1.807) is 0 Å². The zero-order valence-corrected chi connectivity index (χ0v) is 18.3. The Morgan fingerprint density at radius 1 is 0.969 bits per heavy atom. The van der Waals surface area contributed by atoms with Crippen LogP contribution < -0.4 is 11.1 Å². The van der Waals surface area contributed by atoms with Crippen molar-refractivity contribution in [3.8, 4) is 22.4 Å². The zero-order chi connectivity index (χ0) is 21.5. The average Bonchev–Trinajstić information content (AvgIpc) is 3.54. The third-order valence-corrected chi connectivity index (χ3v) is 6.92. The molecule has 0 aliphatic carbocycles. The minimum absolute atomic E-state index is 0.524. The SMILES string of the molecule is NCc1ccc(-c2nc3ccn4c(C5=CNC[SH2]5)nnc4c3cc2-c2ccccc2)cc1. The van der Waals surface area contributed by atoms with Gasteiger partial charge in [0.05, 0.1) is 11.2 Å². The Hall–Kier alpha value is -3.68. The molecular formula is C25H22N6S. The van der Waals surface area contributed by atoms with Crippen molar-refractivity contribution in [1.82, 2.24) is 24.9 Å². The zero-order valence-electron chi connectivity index (χ0n) is 17.3. The molecule has 0 fully saturated rings. The first-order chi connectivity index (χ1) is 15.8. The highest BCUT2D eigenvalue weighted by Gasteiger charge is 2.17. The average molecular weight is 439 g/mol. The quantitative estimate of drug-likeness (QED) is 0.441. The van der Waals surface area contributed by atoms with Gasteiger partial charge in [-0.25, -0.2) is 16.7 Å². The maximum atomic E-state index is 5.80. The van der Waals surface area contributed by atoms with E-state index >= 15 is 0 Å². The van der Waals surface area contributed by atoms with Gasteiger partial charge in [-0.05, 0) is 23.3 Å². The Kier molecular flexibility index (Phi) is 4.63. The van der Waals surface area contributed by atoms with Crippen LogP contribution in [0.3, 0.4) is 0 Å². The highest BCUT2D eigenvalue weighted by atomic mass is 32.2. The maximum absolute atomic E-state index is 5.80. The van der Waals surface area contributed by atoms with E-state index in [4.69, 9.17) is 10.7 Å². The van der Waals surface area contributed by atoms with Crippen molar-refractivity contribution in [2.24, 2.45) is 5.73 Å². The first-order valence-electron chi connectivity index (χ1n) is 10.5. The Labute approximate surface area is 189 Å². The number of hydrogen-bond donors (Lipinski definition) is 2. The van der Waals surface area contributed by atoms with Crippen molar-refractivity contribution < 1.29 is 0 Å². The summed E-state index contributed by atoms with van der Waals surface area (Å²) in [4.78, 5) is 6.30. The summed E-state index contributed by atoms with van der Waals surface area (Å²) in [7, 11) is 0. The second-order valence-corrected chi connectivity index (χ2v) is 8.98. The van der Waals surface area contributed by atoms with Crippen LogP contribution in [0.25, 0.3) is 43.8 Å².